The van der Waals surface area contributed by atoms with Crippen LogP contribution in [0.15, 0.2) is 16.1 Å². The first-order valence-electron chi connectivity index (χ1n) is 8.02. The van der Waals surface area contributed by atoms with E-state index in [-0.39, 0.29) is 34.8 Å². The molecule has 1 saturated carbocycles. The SMILES string of the molecule is CCOC(=O)c1cn(C2CC2)c2c(C)c(N=[N+]=[N-])c(F)c(C)c2c1=O. The minimum atomic E-state index is -0.747. The van der Waals surface area contributed by atoms with Crippen molar-refractivity contribution in [2.75, 3.05) is 6.61 Å². The summed E-state index contributed by atoms with van der Waals surface area (Å²) in [6.07, 6.45) is 3.27. The molecule has 1 aliphatic carbocycles. The average Bonchev–Trinajstić information content (AvgIpc) is 3.41. The fraction of sp³-hybridized carbons (Fsp3) is 0.412. The van der Waals surface area contributed by atoms with Crippen LogP contribution in [0.5, 0.6) is 0 Å². The Balaban J connectivity index is 2.49. The highest BCUT2D eigenvalue weighted by Gasteiger charge is 2.30. The van der Waals surface area contributed by atoms with Gasteiger partial charge in [0.15, 0.2) is 0 Å². The number of rotatable bonds is 4. The maximum Gasteiger partial charge on any atom is 0.343 e. The fourth-order valence-electron chi connectivity index (χ4n) is 3.09. The highest BCUT2D eigenvalue weighted by molar-refractivity contribution is 5.97. The Labute approximate surface area is 142 Å². The lowest BCUT2D eigenvalue weighted by Gasteiger charge is -2.18. The normalized spacial score (nSPS) is 13.6. The van der Waals surface area contributed by atoms with E-state index in [2.05, 4.69) is 10.0 Å². The highest BCUT2D eigenvalue weighted by atomic mass is 19.1. The number of pyridine rings is 1. The number of hydrogen-bond donors (Lipinski definition) is 0. The summed E-state index contributed by atoms with van der Waals surface area (Å²) in [4.78, 5) is 27.7. The second-order valence-corrected chi connectivity index (χ2v) is 6.06. The molecule has 25 heavy (non-hydrogen) atoms. The van der Waals surface area contributed by atoms with E-state index in [1.54, 1.807) is 18.4 Å². The van der Waals surface area contributed by atoms with Crippen molar-refractivity contribution in [2.24, 2.45) is 5.11 Å². The molecule has 0 atom stereocenters. The van der Waals surface area contributed by atoms with Gasteiger partial charge in [-0.25, -0.2) is 9.18 Å². The molecular formula is C17H17FN4O3. The molecule has 2 aromatic rings. The van der Waals surface area contributed by atoms with Crippen molar-refractivity contribution in [3.05, 3.63) is 49.4 Å². The van der Waals surface area contributed by atoms with Gasteiger partial charge in [0.1, 0.15) is 11.4 Å². The van der Waals surface area contributed by atoms with Crippen molar-refractivity contribution < 1.29 is 13.9 Å². The zero-order chi connectivity index (χ0) is 18.3. The Morgan fingerprint density at radius 2 is 2.12 bits per heavy atom. The Hall–Kier alpha value is -2.86. The number of fused-ring (bicyclic) bond motifs is 1. The second kappa shape index (κ2) is 6.22. The van der Waals surface area contributed by atoms with E-state index in [1.807, 2.05) is 0 Å². The van der Waals surface area contributed by atoms with Gasteiger partial charge in [0.2, 0.25) is 5.43 Å². The molecule has 3 rings (SSSR count). The molecule has 0 amide bonds. The molecule has 0 aliphatic heterocycles. The molecule has 7 nitrogen and oxygen atoms in total. The lowest BCUT2D eigenvalue weighted by Crippen LogP contribution is -2.22. The van der Waals surface area contributed by atoms with Gasteiger partial charge >= 0.3 is 5.97 Å². The largest absolute Gasteiger partial charge is 0.462 e. The Bertz CT molecular complexity index is 1000. The van der Waals surface area contributed by atoms with E-state index in [9.17, 15) is 14.0 Å². The van der Waals surface area contributed by atoms with Gasteiger partial charge in [-0.1, -0.05) is 5.11 Å². The number of halogens is 1. The first-order chi connectivity index (χ1) is 11.9. The number of carbonyl (C=O) groups is 1. The van der Waals surface area contributed by atoms with Gasteiger partial charge in [0.05, 0.1) is 23.2 Å². The topological polar surface area (TPSA) is 97.1 Å². The lowest BCUT2D eigenvalue weighted by molar-refractivity contribution is 0.0524. The van der Waals surface area contributed by atoms with Crippen molar-refractivity contribution in [1.82, 2.24) is 4.57 Å². The van der Waals surface area contributed by atoms with Crippen LogP contribution in [0.3, 0.4) is 0 Å². The molecule has 0 N–H and O–H groups in total. The van der Waals surface area contributed by atoms with Crippen molar-refractivity contribution in [2.45, 2.75) is 39.7 Å². The van der Waals surface area contributed by atoms with Crippen LogP contribution in [0, 0.1) is 19.7 Å². The fourth-order valence-corrected chi connectivity index (χ4v) is 3.09. The maximum atomic E-state index is 14.7. The predicted molar refractivity (Wildman–Crippen MR) is 90.7 cm³/mol. The summed E-state index contributed by atoms with van der Waals surface area (Å²) in [5, 5.41) is 3.58. The Morgan fingerprint density at radius 3 is 2.68 bits per heavy atom. The number of benzene rings is 1. The van der Waals surface area contributed by atoms with Crippen molar-refractivity contribution in [1.29, 1.82) is 0 Å². The van der Waals surface area contributed by atoms with Crippen LogP contribution in [0.4, 0.5) is 10.1 Å². The number of azide groups is 1. The minimum Gasteiger partial charge on any atom is -0.462 e. The molecule has 8 heteroatoms. The number of carbonyl (C=O) groups excluding carboxylic acids is 1. The number of aromatic nitrogens is 1. The summed E-state index contributed by atoms with van der Waals surface area (Å²) < 4.78 is 21.4. The monoisotopic (exact) mass is 344 g/mol. The average molecular weight is 344 g/mol. The van der Waals surface area contributed by atoms with Crippen molar-refractivity contribution >= 4 is 22.6 Å². The minimum absolute atomic E-state index is 0.0635. The maximum absolute atomic E-state index is 14.7. The van der Waals surface area contributed by atoms with Gasteiger partial charge in [-0.15, -0.1) is 0 Å². The van der Waals surface area contributed by atoms with Gasteiger partial charge in [0.25, 0.3) is 0 Å². The van der Waals surface area contributed by atoms with Crippen LogP contribution < -0.4 is 5.43 Å². The molecule has 130 valence electrons. The number of hydrogen-bond acceptors (Lipinski definition) is 4. The van der Waals surface area contributed by atoms with Gasteiger partial charge < -0.3 is 9.30 Å². The first-order valence-corrected chi connectivity index (χ1v) is 8.02. The van der Waals surface area contributed by atoms with Crippen LogP contribution in [0.2, 0.25) is 0 Å². The van der Waals surface area contributed by atoms with E-state index < -0.39 is 17.2 Å². The number of ether oxygens (including phenoxy) is 1. The summed E-state index contributed by atoms with van der Waals surface area (Å²) in [5.41, 5.74) is 8.86. The number of esters is 1. The third-order valence-corrected chi connectivity index (χ3v) is 4.44. The molecule has 1 aromatic carbocycles. The Morgan fingerprint density at radius 1 is 1.44 bits per heavy atom. The van der Waals surface area contributed by atoms with E-state index in [0.717, 1.165) is 12.8 Å². The first kappa shape index (κ1) is 17.0. The van der Waals surface area contributed by atoms with Crippen LogP contribution in [0.1, 0.15) is 47.3 Å². The van der Waals surface area contributed by atoms with Crippen LogP contribution in [-0.4, -0.2) is 17.1 Å². The summed E-state index contributed by atoms with van der Waals surface area (Å²) in [6, 6.07) is 0.124. The molecule has 0 bridgehead atoms. The zero-order valence-electron chi connectivity index (χ0n) is 14.2. The van der Waals surface area contributed by atoms with E-state index in [0.29, 0.717) is 11.1 Å². The summed E-state index contributed by atoms with van der Waals surface area (Å²) >= 11 is 0. The van der Waals surface area contributed by atoms with Gasteiger partial charge in [-0.3, -0.25) is 4.79 Å². The molecule has 0 saturated heterocycles. The quantitative estimate of drug-likeness (QED) is 0.359. The lowest BCUT2D eigenvalue weighted by atomic mass is 10.00. The molecule has 0 radical (unpaired) electrons. The smallest absolute Gasteiger partial charge is 0.343 e. The molecule has 1 aliphatic rings. The Kier molecular flexibility index (Phi) is 4.22. The third kappa shape index (κ3) is 2.64. The summed E-state index contributed by atoms with van der Waals surface area (Å²) in [7, 11) is 0. The molecule has 1 fully saturated rings. The summed E-state index contributed by atoms with van der Waals surface area (Å²) in [6.45, 7) is 4.85. The predicted octanol–water partition coefficient (Wildman–Crippen LogP) is 4.21. The van der Waals surface area contributed by atoms with E-state index in [1.165, 1.54) is 13.1 Å². The van der Waals surface area contributed by atoms with E-state index in [4.69, 9.17) is 10.3 Å². The van der Waals surface area contributed by atoms with Crippen LogP contribution in [0.25, 0.3) is 21.3 Å². The third-order valence-electron chi connectivity index (χ3n) is 4.44. The van der Waals surface area contributed by atoms with Crippen molar-refractivity contribution in [3.63, 3.8) is 0 Å². The highest BCUT2D eigenvalue weighted by Crippen LogP contribution is 2.41. The molecular weight excluding hydrogens is 327 g/mol. The number of aryl methyl sites for hydroxylation is 2. The standard InChI is InChI=1S/C17H17FN4O3/c1-4-25-17(24)11-7-22(10-5-6-10)15-9(3)14(20-21-19)13(18)8(2)12(15)16(11)23/h7,10H,4-6H2,1-3H3. The molecule has 1 aromatic heterocycles. The van der Waals surface area contributed by atoms with Crippen molar-refractivity contribution in [3.8, 4) is 0 Å². The zero-order valence-corrected chi connectivity index (χ0v) is 14.2. The second-order valence-electron chi connectivity index (χ2n) is 6.06. The van der Waals surface area contributed by atoms with E-state index >= 15 is 0 Å². The van der Waals surface area contributed by atoms with Crippen LogP contribution >= 0.6 is 0 Å². The van der Waals surface area contributed by atoms with Gasteiger partial charge in [-0.2, -0.15) is 0 Å². The van der Waals surface area contributed by atoms with Gasteiger partial charge in [-0.05, 0) is 50.3 Å². The molecule has 0 spiro atoms. The summed E-state index contributed by atoms with van der Waals surface area (Å²) in [5.74, 6) is -1.47. The molecule has 0 unspecified atom stereocenters. The van der Waals surface area contributed by atoms with Gasteiger partial charge in [0, 0.05) is 17.2 Å². The number of nitrogens with zero attached hydrogens (tertiary/aromatic N) is 4. The molecule has 1 heterocycles. The van der Waals surface area contributed by atoms with Crippen LogP contribution in [-0.2, 0) is 4.74 Å².